The van der Waals surface area contributed by atoms with Gasteiger partial charge >= 0.3 is 0 Å². The molecule has 0 aromatic heterocycles. The standard InChI is InChI=1S/C11H16O/c1-2-5-11-6-3-9(4-7-11)8-10(11)12/h1,9-10,12H,3-8H2. The van der Waals surface area contributed by atoms with E-state index in [-0.39, 0.29) is 11.5 Å². The molecule has 3 saturated carbocycles. The summed E-state index contributed by atoms with van der Waals surface area (Å²) >= 11 is 0. The Morgan fingerprint density at radius 3 is 2.58 bits per heavy atom. The minimum Gasteiger partial charge on any atom is -0.393 e. The van der Waals surface area contributed by atoms with Gasteiger partial charge in [-0.05, 0) is 38.0 Å². The van der Waals surface area contributed by atoms with E-state index in [1.165, 1.54) is 12.8 Å². The number of fused-ring (bicyclic) bond motifs is 3. The average molecular weight is 164 g/mol. The fraction of sp³-hybridized carbons (Fsp3) is 0.818. The van der Waals surface area contributed by atoms with Gasteiger partial charge in [-0.25, -0.2) is 0 Å². The van der Waals surface area contributed by atoms with E-state index in [9.17, 15) is 5.11 Å². The fourth-order valence-corrected chi connectivity index (χ4v) is 2.89. The number of aliphatic hydroxyl groups excluding tert-OH is 1. The van der Waals surface area contributed by atoms with Crippen LogP contribution in [0.25, 0.3) is 0 Å². The van der Waals surface area contributed by atoms with Gasteiger partial charge in [0.05, 0.1) is 6.10 Å². The molecule has 1 unspecified atom stereocenters. The lowest BCUT2D eigenvalue weighted by atomic mass is 9.58. The van der Waals surface area contributed by atoms with Crippen molar-refractivity contribution in [2.45, 2.75) is 44.6 Å². The minimum atomic E-state index is -0.110. The SMILES string of the molecule is C#CCC12CCC(CC1)CC2O. The molecule has 3 aliphatic rings. The maximum atomic E-state index is 9.89. The molecule has 0 aromatic carbocycles. The van der Waals surface area contributed by atoms with Crippen molar-refractivity contribution in [2.24, 2.45) is 11.3 Å². The Kier molecular flexibility index (Phi) is 1.88. The Labute approximate surface area is 74.2 Å². The summed E-state index contributed by atoms with van der Waals surface area (Å²) in [7, 11) is 0. The van der Waals surface area contributed by atoms with Crippen LogP contribution in [0.15, 0.2) is 0 Å². The van der Waals surface area contributed by atoms with Crippen LogP contribution >= 0.6 is 0 Å². The van der Waals surface area contributed by atoms with Gasteiger partial charge in [0, 0.05) is 11.8 Å². The van der Waals surface area contributed by atoms with Crippen LogP contribution in [0.5, 0.6) is 0 Å². The average Bonchev–Trinajstić information content (AvgIpc) is 2.08. The largest absolute Gasteiger partial charge is 0.393 e. The summed E-state index contributed by atoms with van der Waals surface area (Å²) in [6.07, 6.45) is 11.9. The first-order valence-corrected chi connectivity index (χ1v) is 4.88. The van der Waals surface area contributed by atoms with Crippen LogP contribution in [0, 0.1) is 23.7 Å². The van der Waals surface area contributed by atoms with Gasteiger partial charge in [0.2, 0.25) is 0 Å². The Balaban J connectivity index is 2.16. The van der Waals surface area contributed by atoms with E-state index in [2.05, 4.69) is 5.92 Å². The van der Waals surface area contributed by atoms with Crippen LogP contribution in [-0.2, 0) is 0 Å². The lowest BCUT2D eigenvalue weighted by molar-refractivity contribution is -0.0719. The molecule has 0 amide bonds. The van der Waals surface area contributed by atoms with Gasteiger partial charge in [-0.1, -0.05) is 0 Å². The second-order valence-electron chi connectivity index (χ2n) is 4.44. The van der Waals surface area contributed by atoms with Gasteiger partial charge in [-0.3, -0.25) is 0 Å². The highest BCUT2D eigenvalue weighted by molar-refractivity contribution is 5.04. The van der Waals surface area contributed by atoms with Gasteiger partial charge in [-0.15, -0.1) is 12.3 Å². The third kappa shape index (κ3) is 1.06. The zero-order valence-electron chi connectivity index (χ0n) is 7.42. The molecular formula is C11H16O. The number of hydrogen-bond acceptors (Lipinski definition) is 1. The first kappa shape index (κ1) is 8.13. The zero-order chi connectivity index (χ0) is 8.60. The third-order valence-corrected chi connectivity index (χ3v) is 3.82. The zero-order valence-corrected chi connectivity index (χ0v) is 7.42. The monoisotopic (exact) mass is 164 g/mol. The molecule has 0 spiro atoms. The predicted molar refractivity (Wildman–Crippen MR) is 48.5 cm³/mol. The second kappa shape index (κ2) is 2.78. The number of hydrogen-bond donors (Lipinski definition) is 1. The molecule has 3 aliphatic carbocycles. The van der Waals surface area contributed by atoms with E-state index < -0.39 is 0 Å². The van der Waals surface area contributed by atoms with Crippen molar-refractivity contribution in [3.63, 3.8) is 0 Å². The fourth-order valence-electron chi connectivity index (χ4n) is 2.89. The first-order chi connectivity index (χ1) is 5.77. The quantitative estimate of drug-likeness (QED) is 0.587. The van der Waals surface area contributed by atoms with Crippen LogP contribution in [0.3, 0.4) is 0 Å². The van der Waals surface area contributed by atoms with Crippen molar-refractivity contribution < 1.29 is 5.11 Å². The molecule has 0 aromatic rings. The molecule has 66 valence electrons. The summed E-state index contributed by atoms with van der Waals surface area (Å²) in [6.45, 7) is 0. The molecule has 0 heterocycles. The molecule has 1 atom stereocenters. The number of terminal acetylenes is 1. The van der Waals surface area contributed by atoms with E-state index in [1.807, 2.05) is 0 Å². The van der Waals surface area contributed by atoms with Gasteiger partial charge < -0.3 is 5.11 Å². The maximum absolute atomic E-state index is 9.89. The lowest BCUT2D eigenvalue weighted by Crippen LogP contribution is -2.45. The molecule has 1 N–H and O–H groups in total. The van der Waals surface area contributed by atoms with Crippen molar-refractivity contribution in [3.8, 4) is 12.3 Å². The lowest BCUT2D eigenvalue weighted by Gasteiger charge is -2.49. The number of aliphatic hydroxyl groups is 1. The highest BCUT2D eigenvalue weighted by Gasteiger charge is 2.46. The third-order valence-electron chi connectivity index (χ3n) is 3.82. The molecule has 3 fully saturated rings. The highest BCUT2D eigenvalue weighted by Crippen LogP contribution is 2.51. The molecule has 2 bridgehead atoms. The summed E-state index contributed by atoms with van der Waals surface area (Å²) in [5.74, 6) is 3.52. The van der Waals surface area contributed by atoms with Crippen molar-refractivity contribution >= 4 is 0 Å². The summed E-state index contributed by atoms with van der Waals surface area (Å²) in [6, 6.07) is 0. The minimum absolute atomic E-state index is 0.110. The van der Waals surface area contributed by atoms with Crippen LogP contribution in [0.4, 0.5) is 0 Å². The molecule has 0 radical (unpaired) electrons. The Hall–Kier alpha value is -0.480. The van der Waals surface area contributed by atoms with Crippen molar-refractivity contribution in [1.82, 2.24) is 0 Å². The van der Waals surface area contributed by atoms with E-state index in [4.69, 9.17) is 6.42 Å². The second-order valence-corrected chi connectivity index (χ2v) is 4.44. The smallest absolute Gasteiger partial charge is 0.0608 e. The summed E-state index contributed by atoms with van der Waals surface area (Å²) < 4.78 is 0. The topological polar surface area (TPSA) is 20.2 Å². The van der Waals surface area contributed by atoms with Crippen LogP contribution in [0.1, 0.15) is 38.5 Å². The number of rotatable bonds is 1. The summed E-state index contributed by atoms with van der Waals surface area (Å²) in [4.78, 5) is 0. The van der Waals surface area contributed by atoms with E-state index >= 15 is 0 Å². The predicted octanol–water partition coefficient (Wildman–Crippen LogP) is 1.95. The van der Waals surface area contributed by atoms with Crippen molar-refractivity contribution in [2.75, 3.05) is 0 Å². The van der Waals surface area contributed by atoms with E-state index in [0.717, 1.165) is 31.6 Å². The normalized spacial score (nSPS) is 45.7. The molecular weight excluding hydrogens is 148 g/mol. The Morgan fingerprint density at radius 1 is 1.42 bits per heavy atom. The molecule has 0 saturated heterocycles. The van der Waals surface area contributed by atoms with Gasteiger partial charge in [0.25, 0.3) is 0 Å². The molecule has 0 aliphatic heterocycles. The highest BCUT2D eigenvalue weighted by atomic mass is 16.3. The van der Waals surface area contributed by atoms with Gasteiger partial charge in [-0.2, -0.15) is 0 Å². The molecule has 3 rings (SSSR count). The van der Waals surface area contributed by atoms with E-state index in [0.29, 0.717) is 0 Å². The van der Waals surface area contributed by atoms with Crippen molar-refractivity contribution in [3.05, 3.63) is 0 Å². The summed E-state index contributed by atoms with van der Waals surface area (Å²) in [5, 5.41) is 9.89. The van der Waals surface area contributed by atoms with Gasteiger partial charge in [0.15, 0.2) is 0 Å². The van der Waals surface area contributed by atoms with Crippen molar-refractivity contribution in [1.29, 1.82) is 0 Å². The molecule has 1 heteroatoms. The van der Waals surface area contributed by atoms with Crippen LogP contribution in [-0.4, -0.2) is 11.2 Å². The summed E-state index contributed by atoms with van der Waals surface area (Å²) in [5.41, 5.74) is 0.115. The first-order valence-electron chi connectivity index (χ1n) is 4.88. The Bertz CT molecular complexity index is 206. The Morgan fingerprint density at radius 2 is 2.08 bits per heavy atom. The van der Waals surface area contributed by atoms with Gasteiger partial charge in [0.1, 0.15) is 0 Å². The van der Waals surface area contributed by atoms with Crippen LogP contribution < -0.4 is 0 Å². The van der Waals surface area contributed by atoms with Crippen LogP contribution in [0.2, 0.25) is 0 Å². The van der Waals surface area contributed by atoms with E-state index in [1.54, 1.807) is 0 Å². The molecule has 12 heavy (non-hydrogen) atoms. The molecule has 1 nitrogen and oxygen atoms in total. The maximum Gasteiger partial charge on any atom is 0.0608 e.